The Kier molecular flexibility index (Phi) is 6.01. The number of carbonyl (C=O) groups excluding carboxylic acids is 1. The molecule has 184 valence electrons. The van der Waals surface area contributed by atoms with Gasteiger partial charge in [0.15, 0.2) is 5.69 Å². The van der Waals surface area contributed by atoms with Crippen LogP contribution >= 0.6 is 0 Å². The Hall–Kier alpha value is -3.04. The molecule has 0 unspecified atom stereocenters. The second kappa shape index (κ2) is 8.87. The maximum atomic E-state index is 13.4. The van der Waals surface area contributed by atoms with Crippen molar-refractivity contribution >= 4 is 15.9 Å². The van der Waals surface area contributed by atoms with Gasteiger partial charge in [-0.3, -0.25) is 4.79 Å². The van der Waals surface area contributed by atoms with Crippen LogP contribution in [0.4, 0.5) is 0 Å². The molecule has 1 saturated carbocycles. The van der Waals surface area contributed by atoms with Gasteiger partial charge in [0.2, 0.25) is 10.0 Å². The minimum Gasteiger partial charge on any atom is -0.335 e. The Labute approximate surface area is 206 Å². The van der Waals surface area contributed by atoms with Gasteiger partial charge >= 0.3 is 0 Å². The van der Waals surface area contributed by atoms with Gasteiger partial charge in [0.05, 0.1) is 16.3 Å². The van der Waals surface area contributed by atoms with Crippen LogP contribution in [0, 0.1) is 0 Å². The molecular weight excluding hydrogens is 462 g/mol. The molecule has 1 aromatic heterocycles. The molecule has 0 atom stereocenters. The summed E-state index contributed by atoms with van der Waals surface area (Å²) in [7, 11) is -3.62. The van der Waals surface area contributed by atoms with E-state index >= 15 is 0 Å². The van der Waals surface area contributed by atoms with Crippen LogP contribution in [0.1, 0.15) is 61.3 Å². The average Bonchev–Trinajstić information content (AvgIpc) is 3.61. The topological polar surface area (TPSA) is 88.4 Å². The highest BCUT2D eigenvalue weighted by molar-refractivity contribution is 7.89. The Morgan fingerprint density at radius 1 is 0.914 bits per heavy atom. The third kappa shape index (κ3) is 4.62. The van der Waals surface area contributed by atoms with Crippen LogP contribution in [0.5, 0.6) is 0 Å². The molecule has 1 amide bonds. The number of hydrogen-bond acceptors (Lipinski definition) is 5. The zero-order valence-electron chi connectivity index (χ0n) is 20.4. The van der Waals surface area contributed by atoms with Crippen molar-refractivity contribution in [2.45, 2.75) is 49.8 Å². The quantitative estimate of drug-likeness (QED) is 0.542. The highest BCUT2D eigenvalue weighted by atomic mass is 32.2. The Morgan fingerprint density at radius 3 is 2.11 bits per heavy atom. The van der Waals surface area contributed by atoms with Gasteiger partial charge < -0.3 is 4.90 Å². The number of hydrogen-bond donors (Lipinski definition) is 0. The monoisotopic (exact) mass is 493 g/mol. The first-order chi connectivity index (χ1) is 16.7. The summed E-state index contributed by atoms with van der Waals surface area (Å²) >= 11 is 0. The smallest absolute Gasteiger partial charge is 0.276 e. The van der Waals surface area contributed by atoms with Crippen LogP contribution in [0.3, 0.4) is 0 Å². The number of nitrogens with zero attached hydrogens (tertiary/aromatic N) is 5. The molecule has 2 fully saturated rings. The summed E-state index contributed by atoms with van der Waals surface area (Å²) in [5.74, 6) is 0.0996. The van der Waals surface area contributed by atoms with E-state index < -0.39 is 10.0 Å². The Balaban J connectivity index is 1.30. The van der Waals surface area contributed by atoms with Crippen LogP contribution in [-0.4, -0.2) is 64.7 Å². The number of piperazine rings is 1. The minimum absolute atomic E-state index is 0.0457. The van der Waals surface area contributed by atoms with E-state index in [2.05, 4.69) is 31.1 Å². The van der Waals surface area contributed by atoms with Gasteiger partial charge in [0.1, 0.15) is 0 Å². The maximum Gasteiger partial charge on any atom is 0.276 e. The third-order valence-corrected chi connectivity index (χ3v) is 8.67. The standard InChI is InChI=1S/C26H31N5O3S/c1-26(2,3)20-11-13-22(14-12-20)35(33,34)30-17-15-29(16-18-30)25(32)23-24(19-9-10-19)31(28-27-23)21-7-5-4-6-8-21/h4-8,11-14,19H,9-10,15-18H2,1-3H3. The molecule has 9 heteroatoms. The summed E-state index contributed by atoms with van der Waals surface area (Å²) in [6.07, 6.45) is 2.03. The summed E-state index contributed by atoms with van der Waals surface area (Å²) in [4.78, 5) is 15.4. The molecule has 2 aromatic carbocycles. The number of sulfonamides is 1. The maximum absolute atomic E-state index is 13.4. The SMILES string of the molecule is CC(C)(C)c1ccc(S(=O)(=O)N2CCN(C(=O)c3nnn(-c4ccccc4)c3C3CC3)CC2)cc1. The zero-order valence-corrected chi connectivity index (χ0v) is 21.2. The molecule has 2 heterocycles. The number of para-hydroxylation sites is 1. The summed E-state index contributed by atoms with van der Waals surface area (Å²) < 4.78 is 29.6. The predicted molar refractivity (Wildman–Crippen MR) is 133 cm³/mol. The van der Waals surface area contributed by atoms with E-state index in [4.69, 9.17) is 0 Å². The Bertz CT molecular complexity index is 1320. The first-order valence-electron chi connectivity index (χ1n) is 12.1. The highest BCUT2D eigenvalue weighted by Crippen LogP contribution is 2.42. The van der Waals surface area contributed by atoms with E-state index in [0.29, 0.717) is 18.8 Å². The molecule has 1 aliphatic carbocycles. The van der Waals surface area contributed by atoms with Crippen molar-refractivity contribution in [2.75, 3.05) is 26.2 Å². The van der Waals surface area contributed by atoms with Crippen LogP contribution in [0.2, 0.25) is 0 Å². The molecule has 1 aliphatic heterocycles. The molecule has 5 rings (SSSR count). The molecule has 8 nitrogen and oxygen atoms in total. The molecule has 0 spiro atoms. The molecular formula is C26H31N5O3S. The molecule has 0 N–H and O–H groups in total. The fraction of sp³-hybridized carbons (Fsp3) is 0.423. The van der Waals surface area contributed by atoms with Crippen molar-refractivity contribution in [3.8, 4) is 5.69 Å². The fourth-order valence-corrected chi connectivity index (χ4v) is 5.90. The van der Waals surface area contributed by atoms with Crippen molar-refractivity contribution in [1.29, 1.82) is 0 Å². The van der Waals surface area contributed by atoms with E-state index in [0.717, 1.165) is 29.8 Å². The van der Waals surface area contributed by atoms with Crippen molar-refractivity contribution < 1.29 is 13.2 Å². The van der Waals surface area contributed by atoms with E-state index in [1.807, 2.05) is 42.5 Å². The van der Waals surface area contributed by atoms with Crippen LogP contribution < -0.4 is 0 Å². The lowest BCUT2D eigenvalue weighted by molar-refractivity contribution is 0.0690. The second-order valence-corrected chi connectivity index (χ2v) is 12.3. The molecule has 35 heavy (non-hydrogen) atoms. The van der Waals surface area contributed by atoms with Crippen molar-refractivity contribution in [3.05, 3.63) is 71.5 Å². The molecule has 1 saturated heterocycles. The Morgan fingerprint density at radius 2 is 1.54 bits per heavy atom. The predicted octanol–water partition coefficient (Wildman–Crippen LogP) is 3.59. The van der Waals surface area contributed by atoms with E-state index in [9.17, 15) is 13.2 Å². The van der Waals surface area contributed by atoms with Gasteiger partial charge in [-0.1, -0.05) is 56.3 Å². The van der Waals surface area contributed by atoms with Gasteiger partial charge in [-0.2, -0.15) is 4.31 Å². The minimum atomic E-state index is -3.62. The number of carbonyl (C=O) groups is 1. The van der Waals surface area contributed by atoms with Gasteiger partial charge in [-0.25, -0.2) is 13.1 Å². The summed E-state index contributed by atoms with van der Waals surface area (Å²) in [6.45, 7) is 7.43. The first-order valence-corrected chi connectivity index (χ1v) is 13.5. The fourth-order valence-electron chi connectivity index (χ4n) is 4.48. The summed E-state index contributed by atoms with van der Waals surface area (Å²) in [5.41, 5.74) is 3.16. The lowest BCUT2D eigenvalue weighted by atomic mass is 9.87. The number of amides is 1. The second-order valence-electron chi connectivity index (χ2n) is 10.3. The first kappa shape index (κ1) is 23.7. The average molecular weight is 494 g/mol. The molecule has 0 radical (unpaired) electrons. The van der Waals surface area contributed by atoms with Crippen molar-refractivity contribution in [2.24, 2.45) is 0 Å². The number of aromatic nitrogens is 3. The molecule has 0 bridgehead atoms. The molecule has 3 aromatic rings. The lowest BCUT2D eigenvalue weighted by Gasteiger charge is -2.33. The van der Waals surface area contributed by atoms with E-state index in [-0.39, 0.29) is 35.2 Å². The van der Waals surface area contributed by atoms with Gasteiger partial charge in [0, 0.05) is 32.1 Å². The van der Waals surface area contributed by atoms with E-state index in [1.165, 1.54) is 4.31 Å². The third-order valence-electron chi connectivity index (χ3n) is 6.76. The summed E-state index contributed by atoms with van der Waals surface area (Å²) in [5, 5.41) is 8.56. The van der Waals surface area contributed by atoms with Gasteiger partial charge in [0.25, 0.3) is 5.91 Å². The molecule has 2 aliphatic rings. The van der Waals surface area contributed by atoms with Crippen molar-refractivity contribution in [1.82, 2.24) is 24.2 Å². The largest absolute Gasteiger partial charge is 0.335 e. The van der Waals surface area contributed by atoms with Gasteiger partial charge in [-0.05, 0) is 48.1 Å². The van der Waals surface area contributed by atoms with Crippen LogP contribution in [0.25, 0.3) is 5.69 Å². The summed E-state index contributed by atoms with van der Waals surface area (Å²) in [6, 6.07) is 16.8. The highest BCUT2D eigenvalue weighted by Gasteiger charge is 2.37. The normalized spacial score (nSPS) is 17.5. The van der Waals surface area contributed by atoms with Gasteiger partial charge in [-0.15, -0.1) is 5.10 Å². The number of benzene rings is 2. The zero-order chi connectivity index (χ0) is 24.8. The van der Waals surface area contributed by atoms with Crippen LogP contribution in [-0.2, 0) is 15.4 Å². The van der Waals surface area contributed by atoms with E-state index in [1.54, 1.807) is 21.7 Å². The number of rotatable bonds is 5. The van der Waals surface area contributed by atoms with Crippen LogP contribution in [0.15, 0.2) is 59.5 Å². The van der Waals surface area contributed by atoms with Crippen molar-refractivity contribution in [3.63, 3.8) is 0 Å². The lowest BCUT2D eigenvalue weighted by Crippen LogP contribution is -2.50.